The van der Waals surface area contributed by atoms with Crippen molar-refractivity contribution in [1.82, 2.24) is 10.6 Å². The first-order valence-electron chi connectivity index (χ1n) is 7.75. The molecule has 1 rings (SSSR count). The standard InChI is InChI=1S/C17H29N3O/c1-5-18-17(20-11-15(4)12-21)19-7-6-16-9-13(2)8-14(3)10-16/h8-10,15,21H,5-7,11-12H2,1-4H3,(H2,18,19,20). The predicted octanol–water partition coefficient (Wildman–Crippen LogP) is 2.03. The number of benzene rings is 1. The van der Waals surface area contributed by atoms with Gasteiger partial charge in [0.25, 0.3) is 0 Å². The maximum atomic E-state index is 9.04. The van der Waals surface area contributed by atoms with Crippen LogP contribution < -0.4 is 10.6 Å². The minimum Gasteiger partial charge on any atom is -0.396 e. The molecule has 1 atom stereocenters. The van der Waals surface area contributed by atoms with Crippen molar-refractivity contribution in [3.8, 4) is 0 Å². The number of aliphatic imine (C=N–C) groups is 1. The van der Waals surface area contributed by atoms with Gasteiger partial charge in [0.15, 0.2) is 5.96 Å². The van der Waals surface area contributed by atoms with Gasteiger partial charge in [-0.1, -0.05) is 36.2 Å². The van der Waals surface area contributed by atoms with Crippen LogP contribution in [0.3, 0.4) is 0 Å². The minimum atomic E-state index is 0.172. The molecule has 3 N–H and O–H groups in total. The Kier molecular flexibility index (Phi) is 7.83. The summed E-state index contributed by atoms with van der Waals surface area (Å²) in [7, 11) is 0. The number of nitrogens with one attached hydrogen (secondary N) is 2. The fourth-order valence-electron chi connectivity index (χ4n) is 2.19. The zero-order valence-electron chi connectivity index (χ0n) is 13.7. The number of guanidine groups is 1. The monoisotopic (exact) mass is 291 g/mol. The lowest BCUT2D eigenvalue weighted by Gasteiger charge is -2.13. The second kappa shape index (κ2) is 9.40. The number of hydrogen-bond acceptors (Lipinski definition) is 2. The average Bonchev–Trinajstić information content (AvgIpc) is 2.43. The summed E-state index contributed by atoms with van der Waals surface area (Å²) in [5.74, 6) is 1.02. The minimum absolute atomic E-state index is 0.172. The van der Waals surface area contributed by atoms with Crippen LogP contribution in [0.15, 0.2) is 23.2 Å². The van der Waals surface area contributed by atoms with Gasteiger partial charge in [-0.3, -0.25) is 4.99 Å². The Morgan fingerprint density at radius 2 is 1.86 bits per heavy atom. The molecular weight excluding hydrogens is 262 g/mol. The first-order valence-corrected chi connectivity index (χ1v) is 7.75. The molecule has 0 radical (unpaired) electrons. The lowest BCUT2D eigenvalue weighted by Crippen LogP contribution is -2.38. The van der Waals surface area contributed by atoms with Gasteiger partial charge in [0, 0.05) is 26.2 Å². The summed E-state index contributed by atoms with van der Waals surface area (Å²) >= 11 is 0. The SMILES string of the molecule is CCNC(=NCC(C)CO)NCCc1cc(C)cc(C)c1. The molecule has 1 unspecified atom stereocenters. The number of rotatable bonds is 7. The van der Waals surface area contributed by atoms with Crippen molar-refractivity contribution in [2.75, 3.05) is 26.2 Å². The molecule has 0 aliphatic carbocycles. The molecule has 0 saturated carbocycles. The Hall–Kier alpha value is -1.55. The average molecular weight is 291 g/mol. The van der Waals surface area contributed by atoms with Gasteiger partial charge < -0.3 is 15.7 Å². The van der Waals surface area contributed by atoms with E-state index < -0.39 is 0 Å². The van der Waals surface area contributed by atoms with E-state index in [2.05, 4.69) is 54.6 Å². The molecule has 118 valence electrons. The van der Waals surface area contributed by atoms with E-state index in [4.69, 9.17) is 5.11 Å². The van der Waals surface area contributed by atoms with Gasteiger partial charge in [-0.15, -0.1) is 0 Å². The third-order valence-electron chi connectivity index (χ3n) is 3.20. The summed E-state index contributed by atoms with van der Waals surface area (Å²) in [4.78, 5) is 4.48. The first-order chi connectivity index (χ1) is 10.0. The molecule has 0 bridgehead atoms. The van der Waals surface area contributed by atoms with Crippen LogP contribution in [0, 0.1) is 19.8 Å². The molecule has 0 saturated heterocycles. The van der Waals surface area contributed by atoms with Crippen LogP contribution in [0.5, 0.6) is 0 Å². The molecule has 0 aliphatic heterocycles. The molecule has 0 fully saturated rings. The molecule has 4 heteroatoms. The van der Waals surface area contributed by atoms with Crippen LogP contribution >= 0.6 is 0 Å². The molecule has 0 heterocycles. The Morgan fingerprint density at radius 1 is 1.19 bits per heavy atom. The maximum Gasteiger partial charge on any atom is 0.191 e. The number of hydrogen-bond donors (Lipinski definition) is 3. The van der Waals surface area contributed by atoms with Crippen molar-refractivity contribution in [1.29, 1.82) is 0 Å². The summed E-state index contributed by atoms with van der Waals surface area (Å²) in [6.07, 6.45) is 0.975. The van der Waals surface area contributed by atoms with Gasteiger partial charge in [-0.25, -0.2) is 0 Å². The summed E-state index contributed by atoms with van der Waals surface area (Å²) in [5.41, 5.74) is 3.96. The number of aryl methyl sites for hydroxylation is 2. The van der Waals surface area contributed by atoms with Crippen LogP contribution in [0.4, 0.5) is 0 Å². The number of aliphatic hydroxyl groups is 1. The van der Waals surface area contributed by atoms with Crippen molar-refractivity contribution in [2.45, 2.75) is 34.1 Å². The molecular formula is C17H29N3O. The molecule has 0 spiro atoms. The summed E-state index contributed by atoms with van der Waals surface area (Å²) in [6.45, 7) is 10.8. The van der Waals surface area contributed by atoms with E-state index in [9.17, 15) is 0 Å². The molecule has 21 heavy (non-hydrogen) atoms. The van der Waals surface area contributed by atoms with Gasteiger partial charge in [0.05, 0.1) is 0 Å². The predicted molar refractivity (Wildman–Crippen MR) is 89.9 cm³/mol. The van der Waals surface area contributed by atoms with Crippen LogP contribution in [-0.2, 0) is 6.42 Å². The molecule has 1 aromatic rings. The Labute approximate surface area is 128 Å². The van der Waals surface area contributed by atoms with Crippen LogP contribution in [0.1, 0.15) is 30.5 Å². The molecule has 0 aliphatic rings. The van der Waals surface area contributed by atoms with Gasteiger partial charge in [0.1, 0.15) is 0 Å². The highest BCUT2D eigenvalue weighted by Crippen LogP contribution is 2.08. The topological polar surface area (TPSA) is 56.7 Å². The Morgan fingerprint density at radius 3 is 2.43 bits per heavy atom. The first kappa shape index (κ1) is 17.5. The third-order valence-corrected chi connectivity index (χ3v) is 3.20. The molecule has 1 aromatic carbocycles. The van der Waals surface area contributed by atoms with Crippen molar-refractivity contribution in [3.63, 3.8) is 0 Å². The summed E-state index contributed by atoms with van der Waals surface area (Å²) in [6, 6.07) is 6.65. The zero-order valence-corrected chi connectivity index (χ0v) is 13.7. The van der Waals surface area contributed by atoms with Crippen molar-refractivity contribution in [2.24, 2.45) is 10.9 Å². The van der Waals surface area contributed by atoms with Crippen LogP contribution in [0.25, 0.3) is 0 Å². The normalized spacial score (nSPS) is 13.1. The lowest BCUT2D eigenvalue weighted by molar-refractivity contribution is 0.241. The Balaban J connectivity index is 2.49. The van der Waals surface area contributed by atoms with E-state index in [-0.39, 0.29) is 12.5 Å². The molecule has 0 amide bonds. The highest BCUT2D eigenvalue weighted by atomic mass is 16.3. The van der Waals surface area contributed by atoms with E-state index >= 15 is 0 Å². The van der Waals surface area contributed by atoms with E-state index in [0.717, 1.165) is 25.5 Å². The van der Waals surface area contributed by atoms with Gasteiger partial charge in [-0.2, -0.15) is 0 Å². The fraction of sp³-hybridized carbons (Fsp3) is 0.588. The largest absolute Gasteiger partial charge is 0.396 e. The zero-order chi connectivity index (χ0) is 15.7. The quantitative estimate of drug-likeness (QED) is 0.532. The molecule has 0 aromatic heterocycles. The second-order valence-corrected chi connectivity index (χ2v) is 5.68. The van der Waals surface area contributed by atoms with Gasteiger partial charge in [0.2, 0.25) is 0 Å². The third kappa shape index (κ3) is 7.14. The smallest absolute Gasteiger partial charge is 0.191 e. The molecule has 4 nitrogen and oxygen atoms in total. The number of nitrogens with zero attached hydrogens (tertiary/aromatic N) is 1. The van der Waals surface area contributed by atoms with E-state index in [1.54, 1.807) is 0 Å². The van der Waals surface area contributed by atoms with E-state index in [1.807, 2.05) is 6.92 Å². The van der Waals surface area contributed by atoms with Crippen molar-refractivity contribution < 1.29 is 5.11 Å². The summed E-state index contributed by atoms with van der Waals surface area (Å²) < 4.78 is 0. The fourth-order valence-corrected chi connectivity index (χ4v) is 2.19. The van der Waals surface area contributed by atoms with Gasteiger partial charge in [-0.05, 0) is 38.7 Å². The van der Waals surface area contributed by atoms with Crippen molar-refractivity contribution in [3.05, 3.63) is 34.9 Å². The van der Waals surface area contributed by atoms with E-state index in [0.29, 0.717) is 6.54 Å². The number of aliphatic hydroxyl groups excluding tert-OH is 1. The van der Waals surface area contributed by atoms with Gasteiger partial charge >= 0.3 is 0 Å². The van der Waals surface area contributed by atoms with E-state index in [1.165, 1.54) is 16.7 Å². The maximum absolute atomic E-state index is 9.04. The second-order valence-electron chi connectivity index (χ2n) is 5.68. The lowest BCUT2D eigenvalue weighted by atomic mass is 10.1. The van der Waals surface area contributed by atoms with Crippen LogP contribution in [-0.4, -0.2) is 37.3 Å². The van der Waals surface area contributed by atoms with Crippen LogP contribution in [0.2, 0.25) is 0 Å². The summed E-state index contributed by atoms with van der Waals surface area (Å²) in [5, 5.41) is 15.6. The van der Waals surface area contributed by atoms with Crippen molar-refractivity contribution >= 4 is 5.96 Å². The Bertz CT molecular complexity index is 437. The highest BCUT2D eigenvalue weighted by Gasteiger charge is 2.02. The highest BCUT2D eigenvalue weighted by molar-refractivity contribution is 5.79.